The van der Waals surface area contributed by atoms with Crippen LogP contribution in [0.5, 0.6) is 0 Å². The third-order valence-electron chi connectivity index (χ3n) is 3.34. The van der Waals surface area contributed by atoms with Gasteiger partial charge >= 0.3 is 5.97 Å². The molecule has 0 radical (unpaired) electrons. The number of esters is 1. The van der Waals surface area contributed by atoms with E-state index in [0.717, 1.165) is 36.0 Å². The second-order valence-electron chi connectivity index (χ2n) is 4.33. The Bertz CT molecular complexity index is 452. The Morgan fingerprint density at radius 2 is 2.31 bits per heavy atom. The van der Waals surface area contributed by atoms with Crippen molar-refractivity contribution in [3.63, 3.8) is 0 Å². The molecule has 3 rings (SSSR count). The molecule has 1 aromatic carbocycles. The highest BCUT2D eigenvalue weighted by molar-refractivity contribution is 9.10. The Kier molecular flexibility index (Phi) is 2.30. The maximum absolute atomic E-state index is 11.9. The zero-order chi connectivity index (χ0) is 11.2. The molecular weight excluding hydrogens is 270 g/mol. The van der Waals surface area contributed by atoms with Gasteiger partial charge in [0, 0.05) is 16.6 Å². The van der Waals surface area contributed by atoms with E-state index in [-0.39, 0.29) is 5.97 Å². The monoisotopic (exact) mass is 281 g/mol. The second-order valence-corrected chi connectivity index (χ2v) is 5.18. The standard InChI is InChI=1S/C12H12BrNO2/c13-9-4-1-3-8-10(9)11(15)16-12(8)5-2-6-14-7-12/h1,3-4,14H,2,5-7H2. The van der Waals surface area contributed by atoms with Crippen molar-refractivity contribution >= 4 is 21.9 Å². The van der Waals surface area contributed by atoms with Gasteiger partial charge in [-0.05, 0) is 41.4 Å². The molecule has 0 aromatic heterocycles. The minimum Gasteiger partial charge on any atom is -0.449 e. The summed E-state index contributed by atoms with van der Waals surface area (Å²) in [5.41, 5.74) is 1.30. The first kappa shape index (κ1) is 10.3. The number of ether oxygens (including phenoxy) is 1. The number of hydrogen-bond donors (Lipinski definition) is 1. The minimum absolute atomic E-state index is 0.203. The largest absolute Gasteiger partial charge is 0.449 e. The molecule has 0 saturated carbocycles. The van der Waals surface area contributed by atoms with Crippen LogP contribution < -0.4 is 5.32 Å². The Morgan fingerprint density at radius 3 is 3.06 bits per heavy atom. The van der Waals surface area contributed by atoms with Gasteiger partial charge in [-0.25, -0.2) is 4.79 Å². The molecule has 1 fully saturated rings. The van der Waals surface area contributed by atoms with Crippen LogP contribution in [0.25, 0.3) is 0 Å². The first-order valence-electron chi connectivity index (χ1n) is 5.46. The van der Waals surface area contributed by atoms with Gasteiger partial charge < -0.3 is 10.1 Å². The van der Waals surface area contributed by atoms with Gasteiger partial charge in [0.1, 0.15) is 0 Å². The summed E-state index contributed by atoms with van der Waals surface area (Å²) in [5, 5.41) is 3.31. The van der Waals surface area contributed by atoms with Gasteiger partial charge in [-0.2, -0.15) is 0 Å². The number of halogens is 1. The third kappa shape index (κ3) is 1.33. The van der Waals surface area contributed by atoms with Crippen molar-refractivity contribution in [1.29, 1.82) is 0 Å². The fourth-order valence-corrected chi connectivity index (χ4v) is 3.12. The molecule has 1 aromatic rings. The fraction of sp³-hybridized carbons (Fsp3) is 0.417. The van der Waals surface area contributed by atoms with Gasteiger partial charge in [0.2, 0.25) is 0 Å². The number of nitrogens with one attached hydrogen (secondary N) is 1. The molecule has 84 valence electrons. The second kappa shape index (κ2) is 3.57. The molecule has 1 unspecified atom stereocenters. The molecule has 1 saturated heterocycles. The van der Waals surface area contributed by atoms with Gasteiger partial charge in [-0.1, -0.05) is 12.1 Å². The zero-order valence-corrected chi connectivity index (χ0v) is 10.3. The lowest BCUT2D eigenvalue weighted by molar-refractivity contribution is -0.0203. The molecule has 0 amide bonds. The topological polar surface area (TPSA) is 38.3 Å². The van der Waals surface area contributed by atoms with Crippen LogP contribution in [-0.4, -0.2) is 19.1 Å². The predicted octanol–water partition coefficient (Wildman–Crippen LogP) is 2.20. The first-order valence-corrected chi connectivity index (χ1v) is 6.25. The molecule has 4 heteroatoms. The lowest BCUT2D eigenvalue weighted by Crippen LogP contribution is -2.43. The van der Waals surface area contributed by atoms with E-state index >= 15 is 0 Å². The van der Waals surface area contributed by atoms with Gasteiger partial charge in [0.25, 0.3) is 0 Å². The normalized spacial score (nSPS) is 27.9. The van der Waals surface area contributed by atoms with Gasteiger partial charge in [-0.15, -0.1) is 0 Å². The summed E-state index contributed by atoms with van der Waals surface area (Å²) in [4.78, 5) is 11.9. The lowest BCUT2D eigenvalue weighted by Gasteiger charge is -2.33. The van der Waals surface area contributed by atoms with Crippen LogP contribution in [0.3, 0.4) is 0 Å². The van der Waals surface area contributed by atoms with Crippen LogP contribution in [0.15, 0.2) is 22.7 Å². The number of carbonyl (C=O) groups is 1. The van der Waals surface area contributed by atoms with Crippen molar-refractivity contribution in [2.75, 3.05) is 13.1 Å². The minimum atomic E-state index is -0.422. The van der Waals surface area contributed by atoms with Crippen LogP contribution in [0.2, 0.25) is 0 Å². The van der Waals surface area contributed by atoms with Crippen LogP contribution in [0.4, 0.5) is 0 Å². The third-order valence-corrected chi connectivity index (χ3v) is 4.00. The summed E-state index contributed by atoms with van der Waals surface area (Å²) in [6, 6.07) is 5.84. The first-order chi connectivity index (χ1) is 7.73. The van der Waals surface area contributed by atoms with E-state index in [1.54, 1.807) is 0 Å². The van der Waals surface area contributed by atoms with Crippen LogP contribution in [-0.2, 0) is 10.3 Å². The van der Waals surface area contributed by atoms with E-state index in [2.05, 4.69) is 21.2 Å². The maximum atomic E-state index is 11.9. The Morgan fingerprint density at radius 1 is 1.44 bits per heavy atom. The summed E-state index contributed by atoms with van der Waals surface area (Å²) in [5.74, 6) is -0.203. The SMILES string of the molecule is O=C1OC2(CCCNC2)c2cccc(Br)c21. The quantitative estimate of drug-likeness (QED) is 0.741. The van der Waals surface area contributed by atoms with E-state index in [4.69, 9.17) is 4.74 Å². The van der Waals surface area contributed by atoms with E-state index in [9.17, 15) is 4.79 Å². The molecule has 1 spiro atoms. The Balaban J connectivity index is 2.14. The molecule has 3 nitrogen and oxygen atoms in total. The smallest absolute Gasteiger partial charge is 0.340 e. The lowest BCUT2D eigenvalue weighted by atomic mass is 9.86. The number of rotatable bonds is 0. The maximum Gasteiger partial charge on any atom is 0.340 e. The summed E-state index contributed by atoms with van der Waals surface area (Å²) >= 11 is 3.42. The zero-order valence-electron chi connectivity index (χ0n) is 8.75. The van der Waals surface area contributed by atoms with Gasteiger partial charge in [0.15, 0.2) is 5.60 Å². The van der Waals surface area contributed by atoms with Crippen molar-refractivity contribution < 1.29 is 9.53 Å². The summed E-state index contributed by atoms with van der Waals surface area (Å²) in [7, 11) is 0. The summed E-state index contributed by atoms with van der Waals surface area (Å²) in [6.07, 6.45) is 1.95. The number of piperidine rings is 1. The number of benzene rings is 1. The fourth-order valence-electron chi connectivity index (χ4n) is 2.59. The molecule has 16 heavy (non-hydrogen) atoms. The molecule has 0 aliphatic carbocycles. The van der Waals surface area contributed by atoms with Crippen molar-refractivity contribution in [2.24, 2.45) is 0 Å². The molecule has 2 aliphatic heterocycles. The van der Waals surface area contributed by atoms with E-state index in [0.29, 0.717) is 5.56 Å². The van der Waals surface area contributed by atoms with Gasteiger partial charge in [-0.3, -0.25) is 0 Å². The molecule has 2 aliphatic rings. The van der Waals surface area contributed by atoms with E-state index in [1.807, 2.05) is 18.2 Å². The average molecular weight is 282 g/mol. The molecule has 1 N–H and O–H groups in total. The van der Waals surface area contributed by atoms with Gasteiger partial charge in [0.05, 0.1) is 5.56 Å². The van der Waals surface area contributed by atoms with Crippen molar-refractivity contribution in [2.45, 2.75) is 18.4 Å². The summed E-state index contributed by atoms with van der Waals surface area (Å²) < 4.78 is 6.44. The van der Waals surface area contributed by atoms with Crippen molar-refractivity contribution in [3.05, 3.63) is 33.8 Å². The molecular formula is C12H12BrNO2. The van der Waals surface area contributed by atoms with Crippen molar-refractivity contribution in [3.8, 4) is 0 Å². The van der Waals surface area contributed by atoms with Crippen LogP contribution in [0, 0.1) is 0 Å². The molecule has 0 bridgehead atoms. The van der Waals surface area contributed by atoms with Crippen LogP contribution >= 0.6 is 15.9 Å². The average Bonchev–Trinajstić information content (AvgIpc) is 2.55. The summed E-state index contributed by atoms with van der Waals surface area (Å²) in [6.45, 7) is 1.73. The number of carbonyl (C=O) groups excluding carboxylic acids is 1. The molecule has 1 atom stereocenters. The predicted molar refractivity (Wildman–Crippen MR) is 63.3 cm³/mol. The number of hydrogen-bond acceptors (Lipinski definition) is 3. The highest BCUT2D eigenvalue weighted by atomic mass is 79.9. The number of fused-ring (bicyclic) bond motifs is 2. The van der Waals surface area contributed by atoms with Crippen molar-refractivity contribution in [1.82, 2.24) is 5.32 Å². The molecule has 2 heterocycles. The Labute approximate surface area is 102 Å². The van der Waals surface area contributed by atoms with E-state index < -0.39 is 5.60 Å². The highest BCUT2D eigenvalue weighted by Crippen LogP contribution is 2.43. The van der Waals surface area contributed by atoms with Crippen LogP contribution in [0.1, 0.15) is 28.8 Å². The Hall–Kier alpha value is -0.870. The highest BCUT2D eigenvalue weighted by Gasteiger charge is 2.46. The van der Waals surface area contributed by atoms with E-state index in [1.165, 1.54) is 0 Å².